The molecule has 0 aromatic rings. The summed E-state index contributed by atoms with van der Waals surface area (Å²) in [6.45, 7) is 3.28. The van der Waals surface area contributed by atoms with Crippen LogP contribution in [0.5, 0.6) is 0 Å². The summed E-state index contributed by atoms with van der Waals surface area (Å²) < 4.78 is 5.87. The molecule has 0 aromatic heterocycles. The molecule has 13 heavy (non-hydrogen) atoms. The molecule has 0 N–H and O–H groups in total. The molecule has 0 radical (unpaired) electrons. The van der Waals surface area contributed by atoms with Crippen LogP contribution in [0, 0.1) is 11.8 Å². The second kappa shape index (κ2) is 4.45. The highest BCUT2D eigenvalue weighted by Gasteiger charge is 2.53. The van der Waals surface area contributed by atoms with E-state index in [0.717, 1.165) is 18.4 Å². The molecular formula is C12H22O. The van der Waals surface area contributed by atoms with E-state index in [-0.39, 0.29) is 0 Å². The molecule has 2 saturated carbocycles. The minimum absolute atomic E-state index is 0.690. The molecule has 0 spiro atoms. The quantitative estimate of drug-likeness (QED) is 0.572. The Bertz CT molecular complexity index is 145. The van der Waals surface area contributed by atoms with Crippen LogP contribution < -0.4 is 0 Å². The second-order valence-corrected chi connectivity index (χ2v) is 4.65. The van der Waals surface area contributed by atoms with Gasteiger partial charge in [-0.05, 0) is 31.1 Å². The van der Waals surface area contributed by atoms with E-state index in [9.17, 15) is 0 Å². The van der Waals surface area contributed by atoms with E-state index in [0.29, 0.717) is 6.10 Å². The van der Waals surface area contributed by atoms with Crippen LogP contribution in [-0.4, -0.2) is 12.7 Å². The minimum Gasteiger partial charge on any atom is -0.378 e. The zero-order valence-corrected chi connectivity index (χ0v) is 8.80. The lowest BCUT2D eigenvalue weighted by atomic mass is 10.2. The van der Waals surface area contributed by atoms with E-state index in [2.05, 4.69) is 6.92 Å². The van der Waals surface area contributed by atoms with Gasteiger partial charge < -0.3 is 4.74 Å². The fourth-order valence-corrected chi connectivity index (χ4v) is 2.75. The summed E-state index contributed by atoms with van der Waals surface area (Å²) in [5.41, 5.74) is 0. The smallest absolute Gasteiger partial charge is 0.0638 e. The van der Waals surface area contributed by atoms with Gasteiger partial charge in [0.1, 0.15) is 0 Å². The summed E-state index contributed by atoms with van der Waals surface area (Å²) in [6.07, 6.45) is 10.4. The first-order valence-electron chi connectivity index (χ1n) is 6.05. The maximum Gasteiger partial charge on any atom is 0.0638 e. The van der Waals surface area contributed by atoms with Crippen molar-refractivity contribution in [2.45, 2.75) is 58.0 Å². The van der Waals surface area contributed by atoms with E-state index in [1.54, 1.807) is 0 Å². The van der Waals surface area contributed by atoms with Crippen molar-refractivity contribution in [3.63, 3.8) is 0 Å². The first-order chi connectivity index (χ1) is 6.43. The molecule has 0 aromatic carbocycles. The largest absolute Gasteiger partial charge is 0.378 e. The summed E-state index contributed by atoms with van der Waals surface area (Å²) in [7, 11) is 0. The van der Waals surface area contributed by atoms with Gasteiger partial charge >= 0.3 is 0 Å². The maximum atomic E-state index is 5.87. The zero-order chi connectivity index (χ0) is 9.10. The van der Waals surface area contributed by atoms with E-state index >= 15 is 0 Å². The second-order valence-electron chi connectivity index (χ2n) is 4.65. The molecule has 2 unspecified atom stereocenters. The number of ether oxygens (including phenoxy) is 1. The van der Waals surface area contributed by atoms with Gasteiger partial charge in [0.15, 0.2) is 0 Å². The zero-order valence-electron chi connectivity index (χ0n) is 8.80. The lowest BCUT2D eigenvalue weighted by Gasteiger charge is -2.05. The fraction of sp³-hybridized carbons (Fsp3) is 1.00. The summed E-state index contributed by atoms with van der Waals surface area (Å²) in [6, 6.07) is 0. The van der Waals surface area contributed by atoms with E-state index in [4.69, 9.17) is 4.74 Å². The van der Waals surface area contributed by atoms with Crippen molar-refractivity contribution in [3.8, 4) is 0 Å². The van der Waals surface area contributed by atoms with Gasteiger partial charge in [0, 0.05) is 6.61 Å². The molecule has 2 rings (SSSR count). The van der Waals surface area contributed by atoms with Crippen LogP contribution in [0.2, 0.25) is 0 Å². The predicted molar refractivity (Wildman–Crippen MR) is 54.7 cm³/mol. The minimum atomic E-state index is 0.690. The van der Waals surface area contributed by atoms with Gasteiger partial charge in [0.2, 0.25) is 0 Å². The maximum absolute atomic E-state index is 5.87. The Morgan fingerprint density at radius 1 is 1.08 bits per heavy atom. The highest BCUT2D eigenvalue weighted by Crippen LogP contribution is 2.53. The van der Waals surface area contributed by atoms with Gasteiger partial charge in [0.05, 0.1) is 6.10 Å². The molecule has 0 bridgehead atoms. The SMILES string of the molecule is CCCCCCOC1C2CCCC21. The van der Waals surface area contributed by atoms with Crippen molar-refractivity contribution in [3.05, 3.63) is 0 Å². The molecule has 0 heterocycles. The van der Waals surface area contributed by atoms with Crippen LogP contribution >= 0.6 is 0 Å². The third kappa shape index (κ3) is 2.25. The fourth-order valence-electron chi connectivity index (χ4n) is 2.75. The molecule has 0 amide bonds. The number of hydrogen-bond donors (Lipinski definition) is 0. The van der Waals surface area contributed by atoms with Crippen molar-refractivity contribution in [2.75, 3.05) is 6.61 Å². The third-order valence-corrected chi connectivity index (χ3v) is 3.64. The van der Waals surface area contributed by atoms with Crippen LogP contribution in [0.15, 0.2) is 0 Å². The average Bonchev–Trinajstić information content (AvgIpc) is 2.62. The number of fused-ring (bicyclic) bond motifs is 1. The molecule has 1 nitrogen and oxygen atoms in total. The van der Waals surface area contributed by atoms with Crippen molar-refractivity contribution < 1.29 is 4.74 Å². The van der Waals surface area contributed by atoms with Gasteiger partial charge in [0.25, 0.3) is 0 Å². The van der Waals surface area contributed by atoms with E-state index in [1.165, 1.54) is 44.9 Å². The molecule has 2 aliphatic rings. The Hall–Kier alpha value is -0.0400. The predicted octanol–water partition coefficient (Wildman–Crippen LogP) is 3.38. The Morgan fingerprint density at radius 2 is 1.85 bits per heavy atom. The number of hydrogen-bond acceptors (Lipinski definition) is 1. The van der Waals surface area contributed by atoms with Crippen LogP contribution in [-0.2, 0) is 4.74 Å². The average molecular weight is 182 g/mol. The first kappa shape index (κ1) is 9.51. The van der Waals surface area contributed by atoms with Gasteiger partial charge in [-0.2, -0.15) is 0 Å². The van der Waals surface area contributed by atoms with Gasteiger partial charge in [-0.3, -0.25) is 0 Å². The van der Waals surface area contributed by atoms with Crippen LogP contribution in [0.3, 0.4) is 0 Å². The molecule has 2 aliphatic carbocycles. The summed E-state index contributed by atoms with van der Waals surface area (Å²) in [4.78, 5) is 0. The summed E-state index contributed by atoms with van der Waals surface area (Å²) in [5, 5.41) is 0. The summed E-state index contributed by atoms with van der Waals surface area (Å²) >= 11 is 0. The van der Waals surface area contributed by atoms with Crippen molar-refractivity contribution in [2.24, 2.45) is 11.8 Å². The first-order valence-corrected chi connectivity index (χ1v) is 6.05. The third-order valence-electron chi connectivity index (χ3n) is 3.64. The highest BCUT2D eigenvalue weighted by atomic mass is 16.5. The van der Waals surface area contributed by atoms with Crippen LogP contribution in [0.4, 0.5) is 0 Å². The summed E-state index contributed by atoms with van der Waals surface area (Å²) in [5.74, 6) is 1.96. The Morgan fingerprint density at radius 3 is 2.54 bits per heavy atom. The van der Waals surface area contributed by atoms with Crippen molar-refractivity contribution in [1.29, 1.82) is 0 Å². The molecular weight excluding hydrogens is 160 g/mol. The number of rotatable bonds is 6. The van der Waals surface area contributed by atoms with Crippen molar-refractivity contribution in [1.82, 2.24) is 0 Å². The standard InChI is InChI=1S/C12H22O/c1-2-3-4-5-9-13-12-10-7-6-8-11(10)12/h10-12H,2-9H2,1H3. The molecule has 2 atom stereocenters. The van der Waals surface area contributed by atoms with Crippen molar-refractivity contribution >= 4 is 0 Å². The van der Waals surface area contributed by atoms with Gasteiger partial charge in [-0.25, -0.2) is 0 Å². The lowest BCUT2D eigenvalue weighted by molar-refractivity contribution is 0.0911. The van der Waals surface area contributed by atoms with E-state index in [1.807, 2.05) is 0 Å². The molecule has 76 valence electrons. The topological polar surface area (TPSA) is 9.23 Å². The van der Waals surface area contributed by atoms with E-state index < -0.39 is 0 Å². The molecule has 0 saturated heterocycles. The van der Waals surface area contributed by atoms with Crippen LogP contribution in [0.25, 0.3) is 0 Å². The number of unbranched alkanes of at least 4 members (excludes halogenated alkanes) is 3. The lowest BCUT2D eigenvalue weighted by Crippen LogP contribution is -2.02. The Kier molecular flexibility index (Phi) is 3.26. The van der Waals surface area contributed by atoms with Gasteiger partial charge in [-0.15, -0.1) is 0 Å². The Labute approximate surface area is 81.9 Å². The normalized spacial score (nSPS) is 36.2. The van der Waals surface area contributed by atoms with Gasteiger partial charge in [-0.1, -0.05) is 32.6 Å². The van der Waals surface area contributed by atoms with Crippen LogP contribution in [0.1, 0.15) is 51.9 Å². The molecule has 2 fully saturated rings. The Balaban J connectivity index is 1.46. The molecule has 0 aliphatic heterocycles. The molecule has 1 heteroatoms. The highest BCUT2D eigenvalue weighted by molar-refractivity contribution is 5.02. The monoisotopic (exact) mass is 182 g/mol.